The average molecular weight is 535 g/mol. The van der Waals surface area contributed by atoms with E-state index in [0.29, 0.717) is 30.9 Å². The molecule has 0 bridgehead atoms. The fourth-order valence-electron chi connectivity index (χ4n) is 5.49. The number of hydrogen-bond acceptors (Lipinski definition) is 6. The quantitative estimate of drug-likeness (QED) is 0.336. The number of carbonyl (C=O) groups is 1. The molecule has 1 fully saturated rings. The predicted octanol–water partition coefficient (Wildman–Crippen LogP) is 4.02. The Bertz CT molecular complexity index is 1410. The lowest BCUT2D eigenvalue weighted by Crippen LogP contribution is -2.49. The van der Waals surface area contributed by atoms with Gasteiger partial charge in [0, 0.05) is 25.8 Å². The standard InChI is InChI=1S/C32H34N6O2/c1-24(29-19-34-23-38(29)20-26-14-12-25(18-33)13-15-26)36-31(39)27-8-7-17-37(21-27)22-32(40,28-9-3-2-4-10-28)30-11-5-6-16-35-30/h2-6,9-16,19,23-24,27,40H,7-8,17,20-22H2,1H3,(H,36,39)/t24-,27?,32?/m0/s1. The van der Waals surface area contributed by atoms with Gasteiger partial charge < -0.3 is 15.0 Å². The number of likely N-dealkylation sites (tertiary alicyclic amines) is 1. The van der Waals surface area contributed by atoms with Gasteiger partial charge in [0.15, 0.2) is 0 Å². The number of amides is 1. The second kappa shape index (κ2) is 12.2. The van der Waals surface area contributed by atoms with E-state index in [9.17, 15) is 9.90 Å². The van der Waals surface area contributed by atoms with Gasteiger partial charge >= 0.3 is 0 Å². The second-order valence-corrected chi connectivity index (χ2v) is 10.5. The van der Waals surface area contributed by atoms with Gasteiger partial charge in [-0.1, -0.05) is 48.5 Å². The average Bonchev–Trinajstić information content (AvgIpc) is 3.47. The highest BCUT2D eigenvalue weighted by atomic mass is 16.3. The van der Waals surface area contributed by atoms with Crippen molar-refractivity contribution in [3.63, 3.8) is 0 Å². The first-order valence-corrected chi connectivity index (χ1v) is 13.7. The number of carbonyl (C=O) groups excluding carboxylic acids is 1. The van der Waals surface area contributed by atoms with Crippen LogP contribution in [0.4, 0.5) is 0 Å². The van der Waals surface area contributed by atoms with Crippen molar-refractivity contribution in [1.82, 2.24) is 24.8 Å². The lowest BCUT2D eigenvalue weighted by molar-refractivity contribution is -0.127. The Hall–Kier alpha value is -4.32. The molecule has 5 rings (SSSR count). The zero-order valence-corrected chi connectivity index (χ0v) is 22.6. The van der Waals surface area contributed by atoms with Crippen LogP contribution in [0.1, 0.15) is 53.9 Å². The third kappa shape index (κ3) is 6.12. The largest absolute Gasteiger partial charge is 0.377 e. The highest BCUT2D eigenvalue weighted by molar-refractivity contribution is 5.79. The summed E-state index contributed by atoms with van der Waals surface area (Å²) in [6.45, 7) is 4.29. The number of β-amino-alcohol motifs (C(OH)–C–C–N with tert-alkyl or cyclic N) is 1. The Morgan fingerprint density at radius 1 is 1.15 bits per heavy atom. The maximum absolute atomic E-state index is 13.4. The molecule has 2 N–H and O–H groups in total. The summed E-state index contributed by atoms with van der Waals surface area (Å²) in [7, 11) is 0. The fourth-order valence-corrected chi connectivity index (χ4v) is 5.49. The molecule has 1 aliphatic heterocycles. The second-order valence-electron chi connectivity index (χ2n) is 10.5. The van der Waals surface area contributed by atoms with E-state index < -0.39 is 5.60 Å². The molecule has 4 aromatic rings. The van der Waals surface area contributed by atoms with Crippen molar-refractivity contribution in [2.24, 2.45) is 5.92 Å². The minimum atomic E-state index is -1.29. The molecule has 204 valence electrons. The molecule has 1 saturated heterocycles. The van der Waals surface area contributed by atoms with E-state index in [1.54, 1.807) is 30.9 Å². The van der Waals surface area contributed by atoms with Crippen LogP contribution in [0.5, 0.6) is 0 Å². The summed E-state index contributed by atoms with van der Waals surface area (Å²) in [4.78, 5) is 24.4. The van der Waals surface area contributed by atoms with E-state index in [-0.39, 0.29) is 17.9 Å². The minimum absolute atomic E-state index is 0.00408. The van der Waals surface area contributed by atoms with Crippen molar-refractivity contribution in [1.29, 1.82) is 5.26 Å². The van der Waals surface area contributed by atoms with Crippen molar-refractivity contribution in [3.8, 4) is 6.07 Å². The molecular formula is C32H34N6O2. The van der Waals surface area contributed by atoms with E-state index in [1.165, 1.54) is 0 Å². The van der Waals surface area contributed by atoms with Crippen molar-refractivity contribution < 1.29 is 9.90 Å². The maximum Gasteiger partial charge on any atom is 0.224 e. The number of nitrogens with zero attached hydrogens (tertiary/aromatic N) is 5. The first-order chi connectivity index (χ1) is 19.5. The Morgan fingerprint density at radius 3 is 2.65 bits per heavy atom. The number of aliphatic hydroxyl groups is 1. The Morgan fingerprint density at radius 2 is 1.93 bits per heavy atom. The summed E-state index contributed by atoms with van der Waals surface area (Å²) < 4.78 is 2.02. The first kappa shape index (κ1) is 27.3. The van der Waals surface area contributed by atoms with Gasteiger partial charge in [0.1, 0.15) is 5.60 Å². The van der Waals surface area contributed by atoms with Crippen molar-refractivity contribution in [2.75, 3.05) is 19.6 Å². The molecule has 1 amide bonds. The van der Waals surface area contributed by atoms with Crippen LogP contribution in [-0.4, -0.2) is 50.1 Å². The van der Waals surface area contributed by atoms with Crippen molar-refractivity contribution in [2.45, 2.75) is 38.0 Å². The molecule has 0 aliphatic carbocycles. The van der Waals surface area contributed by atoms with Crippen LogP contribution in [-0.2, 0) is 16.9 Å². The van der Waals surface area contributed by atoms with Gasteiger partial charge in [0.25, 0.3) is 0 Å². The van der Waals surface area contributed by atoms with E-state index in [4.69, 9.17) is 5.26 Å². The van der Waals surface area contributed by atoms with Crippen LogP contribution in [0.2, 0.25) is 0 Å². The number of nitriles is 1. The molecule has 3 heterocycles. The lowest BCUT2D eigenvalue weighted by Gasteiger charge is -2.38. The van der Waals surface area contributed by atoms with Gasteiger partial charge in [-0.05, 0) is 61.7 Å². The fraction of sp³-hybridized carbons (Fsp3) is 0.312. The highest BCUT2D eigenvalue weighted by Gasteiger charge is 2.37. The number of rotatable bonds is 9. The van der Waals surface area contributed by atoms with Crippen LogP contribution >= 0.6 is 0 Å². The Balaban J connectivity index is 1.25. The van der Waals surface area contributed by atoms with Gasteiger partial charge in [-0.25, -0.2) is 4.98 Å². The number of nitrogens with one attached hydrogen (secondary N) is 1. The number of hydrogen-bond donors (Lipinski definition) is 2. The Labute approximate surface area is 234 Å². The van der Waals surface area contributed by atoms with Crippen LogP contribution in [0.15, 0.2) is 91.5 Å². The number of pyridine rings is 1. The molecule has 2 aromatic heterocycles. The summed E-state index contributed by atoms with van der Waals surface area (Å²) in [5.41, 5.74) is 2.68. The van der Waals surface area contributed by atoms with Crippen molar-refractivity contribution >= 4 is 5.91 Å². The molecule has 8 heteroatoms. The minimum Gasteiger partial charge on any atom is -0.377 e. The zero-order valence-electron chi connectivity index (χ0n) is 22.6. The summed E-state index contributed by atoms with van der Waals surface area (Å²) >= 11 is 0. The molecular weight excluding hydrogens is 500 g/mol. The van der Waals surface area contributed by atoms with Gasteiger partial charge in [0.05, 0.1) is 47.5 Å². The molecule has 40 heavy (non-hydrogen) atoms. The van der Waals surface area contributed by atoms with Gasteiger partial charge in [-0.15, -0.1) is 0 Å². The van der Waals surface area contributed by atoms with E-state index in [1.807, 2.05) is 72.2 Å². The molecule has 0 spiro atoms. The van der Waals surface area contributed by atoms with Crippen LogP contribution in [0.25, 0.3) is 0 Å². The molecule has 8 nitrogen and oxygen atoms in total. The lowest BCUT2D eigenvalue weighted by atomic mass is 9.87. The van der Waals surface area contributed by atoms with Crippen LogP contribution in [0.3, 0.4) is 0 Å². The molecule has 3 atom stereocenters. The SMILES string of the molecule is C[C@H](NC(=O)C1CCCN(CC(O)(c2ccccc2)c2ccccn2)C1)c1cncn1Cc1ccc(C#N)cc1. The summed E-state index contributed by atoms with van der Waals surface area (Å²) in [6.07, 6.45) is 6.92. The summed E-state index contributed by atoms with van der Waals surface area (Å²) in [5.74, 6) is -0.181. The van der Waals surface area contributed by atoms with Crippen LogP contribution < -0.4 is 5.32 Å². The molecule has 2 unspecified atom stereocenters. The molecule has 0 saturated carbocycles. The van der Waals surface area contributed by atoms with Gasteiger partial charge in [-0.3, -0.25) is 14.7 Å². The number of benzene rings is 2. The number of imidazole rings is 1. The summed E-state index contributed by atoms with van der Waals surface area (Å²) in [5, 5.41) is 24.2. The molecule has 2 aromatic carbocycles. The normalized spacial score (nSPS) is 17.9. The van der Waals surface area contributed by atoms with E-state index in [0.717, 1.165) is 36.2 Å². The molecule has 0 radical (unpaired) electrons. The van der Waals surface area contributed by atoms with Crippen molar-refractivity contribution in [3.05, 3.63) is 120 Å². The third-order valence-electron chi connectivity index (χ3n) is 7.65. The maximum atomic E-state index is 13.4. The first-order valence-electron chi connectivity index (χ1n) is 13.7. The number of piperidine rings is 1. The third-order valence-corrected chi connectivity index (χ3v) is 7.65. The van der Waals surface area contributed by atoms with E-state index >= 15 is 0 Å². The molecule has 1 aliphatic rings. The Kier molecular flexibility index (Phi) is 8.34. The topological polar surface area (TPSA) is 107 Å². The summed E-state index contributed by atoms with van der Waals surface area (Å²) in [6, 6.07) is 24.6. The van der Waals surface area contributed by atoms with Gasteiger partial charge in [0.2, 0.25) is 5.91 Å². The zero-order chi connectivity index (χ0) is 28.0. The predicted molar refractivity (Wildman–Crippen MR) is 152 cm³/mol. The monoisotopic (exact) mass is 534 g/mol. The number of aromatic nitrogens is 3. The smallest absolute Gasteiger partial charge is 0.224 e. The van der Waals surface area contributed by atoms with Gasteiger partial charge in [-0.2, -0.15) is 5.26 Å². The highest BCUT2D eigenvalue weighted by Crippen LogP contribution is 2.31. The van der Waals surface area contributed by atoms with E-state index in [2.05, 4.69) is 26.3 Å². The van der Waals surface area contributed by atoms with Crippen LogP contribution in [0, 0.1) is 17.2 Å².